The summed E-state index contributed by atoms with van der Waals surface area (Å²) in [4.78, 5) is 12.4. The zero-order chi connectivity index (χ0) is 30.4. The molecular weight excluding hydrogens is 554 g/mol. The van der Waals surface area contributed by atoms with Crippen molar-refractivity contribution < 1.29 is 26.3 Å². The van der Waals surface area contributed by atoms with Crippen LogP contribution in [-0.4, -0.2) is 59.0 Å². The zero-order valence-corrected chi connectivity index (χ0v) is 24.4. The lowest BCUT2D eigenvalue weighted by atomic mass is 9.74. The molecule has 2 aliphatic heterocycles. The van der Waals surface area contributed by atoms with Crippen LogP contribution in [0.3, 0.4) is 0 Å². The molecule has 0 aliphatic carbocycles. The van der Waals surface area contributed by atoms with E-state index in [0.717, 1.165) is 81.6 Å². The van der Waals surface area contributed by atoms with Crippen LogP contribution in [0.4, 0.5) is 26.3 Å². The van der Waals surface area contributed by atoms with Crippen LogP contribution in [0.15, 0.2) is 48.6 Å². The summed E-state index contributed by atoms with van der Waals surface area (Å²) in [6.07, 6.45) is 1.82. The van der Waals surface area contributed by atoms with Crippen LogP contribution in [0.1, 0.15) is 81.6 Å². The molecule has 0 radical (unpaired) electrons. The van der Waals surface area contributed by atoms with Crippen LogP contribution in [0.25, 0.3) is 11.1 Å². The monoisotopic (exact) mass is 594 g/mol. The number of hydrogen-bond acceptors (Lipinski definition) is 4. The van der Waals surface area contributed by atoms with Crippen molar-refractivity contribution in [3.05, 3.63) is 71.3 Å². The van der Waals surface area contributed by atoms with E-state index < -0.39 is 23.7 Å². The second kappa shape index (κ2) is 13.7. The standard InChI is InChI=1S/C32H40F6N4/c1-3-15-30(4-2,16-22-41-18-11-24(12-19-41)26-7-5-9-28(39-26)31(33,34)35)17-23-42-20-13-25(14-21-42)27-8-6-10-29(40-27)32(36,37)38/h5-11,13H,3-4,12,14-23H2,1-2H3. The highest BCUT2D eigenvalue weighted by molar-refractivity contribution is 5.64. The molecule has 0 fully saturated rings. The van der Waals surface area contributed by atoms with E-state index in [9.17, 15) is 26.3 Å². The summed E-state index contributed by atoms with van der Waals surface area (Å²) in [5.41, 5.74) is 1.01. The van der Waals surface area contributed by atoms with Crippen LogP contribution in [0.2, 0.25) is 0 Å². The molecule has 0 saturated heterocycles. The van der Waals surface area contributed by atoms with E-state index in [-0.39, 0.29) is 5.41 Å². The number of aromatic nitrogens is 2. The number of rotatable bonds is 11. The molecule has 0 atom stereocenters. The third-order valence-corrected chi connectivity index (χ3v) is 8.77. The Labute approximate surface area is 244 Å². The van der Waals surface area contributed by atoms with Crippen molar-refractivity contribution in [1.29, 1.82) is 0 Å². The molecule has 10 heteroatoms. The smallest absolute Gasteiger partial charge is 0.299 e. The third kappa shape index (κ3) is 8.43. The maximum absolute atomic E-state index is 13.1. The molecule has 0 amide bonds. The van der Waals surface area contributed by atoms with Crippen molar-refractivity contribution in [3.63, 3.8) is 0 Å². The van der Waals surface area contributed by atoms with Crippen molar-refractivity contribution >= 4 is 11.1 Å². The van der Waals surface area contributed by atoms with E-state index in [1.165, 1.54) is 12.1 Å². The summed E-state index contributed by atoms with van der Waals surface area (Å²) in [6, 6.07) is 8.14. The van der Waals surface area contributed by atoms with Gasteiger partial charge in [-0.25, -0.2) is 9.97 Å². The van der Waals surface area contributed by atoms with Gasteiger partial charge in [0.2, 0.25) is 0 Å². The van der Waals surface area contributed by atoms with Gasteiger partial charge in [0.05, 0.1) is 11.4 Å². The quantitative estimate of drug-likeness (QED) is 0.245. The fourth-order valence-corrected chi connectivity index (χ4v) is 6.06. The van der Waals surface area contributed by atoms with E-state index in [0.29, 0.717) is 37.3 Å². The van der Waals surface area contributed by atoms with Gasteiger partial charge in [0.25, 0.3) is 0 Å². The third-order valence-electron chi connectivity index (χ3n) is 8.77. The highest BCUT2D eigenvalue weighted by Gasteiger charge is 2.34. The lowest BCUT2D eigenvalue weighted by molar-refractivity contribution is -0.142. The number of alkyl halides is 6. The van der Waals surface area contributed by atoms with Crippen LogP contribution in [0.5, 0.6) is 0 Å². The van der Waals surface area contributed by atoms with Crippen LogP contribution in [-0.2, 0) is 12.4 Å². The van der Waals surface area contributed by atoms with E-state index in [1.807, 2.05) is 12.2 Å². The summed E-state index contributed by atoms with van der Waals surface area (Å²) < 4.78 is 78.5. The Morgan fingerprint density at radius 3 is 1.45 bits per heavy atom. The first-order valence-corrected chi connectivity index (χ1v) is 14.8. The first-order chi connectivity index (χ1) is 19.9. The van der Waals surface area contributed by atoms with Gasteiger partial charge in [0.15, 0.2) is 0 Å². The Kier molecular flexibility index (Phi) is 10.5. The largest absolute Gasteiger partial charge is 0.433 e. The van der Waals surface area contributed by atoms with E-state index in [4.69, 9.17) is 0 Å². The number of pyridine rings is 2. The minimum Gasteiger partial charge on any atom is -0.299 e. The zero-order valence-electron chi connectivity index (χ0n) is 24.4. The predicted molar refractivity (Wildman–Crippen MR) is 153 cm³/mol. The summed E-state index contributed by atoms with van der Waals surface area (Å²) in [5, 5.41) is 0. The van der Waals surface area contributed by atoms with Crippen molar-refractivity contribution in [1.82, 2.24) is 19.8 Å². The molecule has 42 heavy (non-hydrogen) atoms. The summed E-state index contributed by atoms with van der Waals surface area (Å²) >= 11 is 0. The minimum atomic E-state index is -4.45. The fourth-order valence-electron chi connectivity index (χ4n) is 6.06. The molecule has 230 valence electrons. The highest BCUT2D eigenvalue weighted by Crippen LogP contribution is 2.38. The number of nitrogens with zero attached hydrogens (tertiary/aromatic N) is 4. The van der Waals surface area contributed by atoms with Gasteiger partial charge in [-0.1, -0.05) is 51.0 Å². The van der Waals surface area contributed by atoms with Gasteiger partial charge in [-0.3, -0.25) is 9.80 Å². The van der Waals surface area contributed by atoms with Gasteiger partial charge >= 0.3 is 12.4 Å². The van der Waals surface area contributed by atoms with E-state index in [1.54, 1.807) is 12.1 Å². The second-order valence-corrected chi connectivity index (χ2v) is 11.5. The van der Waals surface area contributed by atoms with Gasteiger partial charge in [-0.2, -0.15) is 26.3 Å². The van der Waals surface area contributed by atoms with Crippen molar-refractivity contribution in [2.75, 3.05) is 39.3 Å². The Bertz CT molecular complexity index is 1160. The molecule has 2 aliphatic rings. The Morgan fingerprint density at radius 2 is 1.12 bits per heavy atom. The van der Waals surface area contributed by atoms with Crippen molar-refractivity contribution in [2.45, 2.75) is 71.1 Å². The molecule has 0 unspecified atom stereocenters. The van der Waals surface area contributed by atoms with Crippen LogP contribution < -0.4 is 0 Å². The molecule has 4 rings (SSSR count). The minimum absolute atomic E-state index is 0.188. The first kappa shape index (κ1) is 32.2. The summed E-state index contributed by atoms with van der Waals surface area (Å²) in [7, 11) is 0. The summed E-state index contributed by atoms with van der Waals surface area (Å²) in [6.45, 7) is 9.29. The Balaban J connectivity index is 1.31. The number of hydrogen-bond donors (Lipinski definition) is 0. The normalized spacial score (nSPS) is 17.7. The predicted octanol–water partition coefficient (Wildman–Crippen LogP) is 8.37. The van der Waals surface area contributed by atoms with Crippen molar-refractivity contribution in [3.8, 4) is 0 Å². The maximum Gasteiger partial charge on any atom is 0.433 e. The SMILES string of the molecule is CCCC(CC)(CCN1CC=C(c2cccc(C(F)(F)F)n2)CC1)CCN1CC=C(c2cccc(C(F)(F)F)n2)CC1. The van der Waals surface area contributed by atoms with Crippen LogP contribution >= 0.6 is 0 Å². The molecule has 0 saturated carbocycles. The molecule has 2 aromatic heterocycles. The molecule has 0 bridgehead atoms. The molecule has 0 aromatic carbocycles. The van der Waals surface area contributed by atoms with Crippen molar-refractivity contribution in [2.24, 2.45) is 5.41 Å². The molecule has 0 spiro atoms. The Hall–Kier alpha value is -2.72. The first-order valence-electron chi connectivity index (χ1n) is 14.8. The molecule has 2 aromatic rings. The lowest BCUT2D eigenvalue weighted by Crippen LogP contribution is -2.37. The summed E-state index contributed by atoms with van der Waals surface area (Å²) in [5.74, 6) is 0. The van der Waals surface area contributed by atoms with Gasteiger partial charge < -0.3 is 0 Å². The average molecular weight is 595 g/mol. The molecule has 4 nitrogen and oxygen atoms in total. The number of halogens is 6. The van der Waals surface area contributed by atoms with Gasteiger partial charge in [0, 0.05) is 26.2 Å². The molecule has 0 N–H and O–H groups in total. The Morgan fingerprint density at radius 1 is 0.667 bits per heavy atom. The van der Waals surface area contributed by atoms with Gasteiger partial charge in [0.1, 0.15) is 11.4 Å². The topological polar surface area (TPSA) is 32.3 Å². The average Bonchev–Trinajstić information content (AvgIpc) is 2.98. The lowest BCUT2D eigenvalue weighted by Gasteiger charge is -2.38. The van der Waals surface area contributed by atoms with E-state index in [2.05, 4.69) is 33.6 Å². The molecular formula is C32H40F6N4. The maximum atomic E-state index is 13.1. The highest BCUT2D eigenvalue weighted by atomic mass is 19.4. The molecule has 4 heterocycles. The second-order valence-electron chi connectivity index (χ2n) is 11.5. The van der Waals surface area contributed by atoms with Crippen LogP contribution in [0, 0.1) is 5.41 Å². The van der Waals surface area contributed by atoms with Gasteiger partial charge in [-0.05, 0) is 86.0 Å². The fraction of sp³-hybridized carbons (Fsp3) is 0.562. The van der Waals surface area contributed by atoms with E-state index >= 15 is 0 Å². The van der Waals surface area contributed by atoms with Gasteiger partial charge in [-0.15, -0.1) is 0 Å².